The van der Waals surface area contributed by atoms with Crippen LogP contribution in [0.1, 0.15) is 62.5 Å². The van der Waals surface area contributed by atoms with Crippen LogP contribution in [0.3, 0.4) is 0 Å². The Bertz CT molecular complexity index is 488. The van der Waals surface area contributed by atoms with E-state index in [4.69, 9.17) is 5.73 Å². The van der Waals surface area contributed by atoms with E-state index in [-0.39, 0.29) is 11.9 Å². The Morgan fingerprint density at radius 3 is 2.71 bits per heavy atom. The molecule has 0 aliphatic heterocycles. The summed E-state index contributed by atoms with van der Waals surface area (Å²) in [6.45, 7) is 7.50. The van der Waals surface area contributed by atoms with E-state index in [2.05, 4.69) is 36.4 Å². The van der Waals surface area contributed by atoms with Crippen LogP contribution in [0.5, 0.6) is 0 Å². The molecule has 1 heterocycles. The number of anilines is 2. The Morgan fingerprint density at radius 1 is 1.43 bits per heavy atom. The number of hydrogen-bond acceptors (Lipinski definition) is 5. The molecule has 118 valence electrons. The zero-order chi connectivity index (χ0) is 15.5. The van der Waals surface area contributed by atoms with Crippen LogP contribution in [0.2, 0.25) is 0 Å². The van der Waals surface area contributed by atoms with Crippen molar-refractivity contribution in [1.29, 1.82) is 0 Å². The van der Waals surface area contributed by atoms with Crippen molar-refractivity contribution in [3.63, 3.8) is 0 Å². The third kappa shape index (κ3) is 4.33. The van der Waals surface area contributed by atoms with Crippen molar-refractivity contribution in [1.82, 2.24) is 10.3 Å². The van der Waals surface area contributed by atoms with Gasteiger partial charge in [0.1, 0.15) is 10.7 Å². The van der Waals surface area contributed by atoms with Crippen LogP contribution in [0, 0.1) is 5.41 Å². The summed E-state index contributed by atoms with van der Waals surface area (Å²) in [4.78, 5) is 17.1. The Hall–Kier alpha value is -1.30. The number of carbonyl (C=O) groups excluding carboxylic acids is 1. The zero-order valence-electron chi connectivity index (χ0n) is 13.2. The molecule has 0 radical (unpaired) electrons. The first kappa shape index (κ1) is 16.1. The highest BCUT2D eigenvalue weighted by Crippen LogP contribution is 2.35. The molecule has 0 unspecified atom stereocenters. The summed E-state index contributed by atoms with van der Waals surface area (Å²) in [5, 5.41) is 7.01. The second-order valence-corrected chi connectivity index (χ2v) is 7.57. The molecule has 0 bridgehead atoms. The van der Waals surface area contributed by atoms with Gasteiger partial charge < -0.3 is 16.4 Å². The van der Waals surface area contributed by atoms with Gasteiger partial charge in [0.25, 0.3) is 5.91 Å². The lowest BCUT2D eigenvalue weighted by atomic mass is 9.75. The number of rotatable bonds is 5. The van der Waals surface area contributed by atoms with Gasteiger partial charge in [-0.3, -0.25) is 4.79 Å². The molecule has 1 aromatic heterocycles. The average Bonchev–Trinajstić information content (AvgIpc) is 2.80. The molecule has 1 amide bonds. The first-order valence-electron chi connectivity index (χ1n) is 7.72. The lowest BCUT2D eigenvalue weighted by molar-refractivity contribution is 0.0914. The maximum absolute atomic E-state index is 12.3. The highest BCUT2D eigenvalue weighted by molar-refractivity contribution is 7.18. The van der Waals surface area contributed by atoms with E-state index in [0.29, 0.717) is 16.1 Å². The molecule has 1 saturated carbocycles. The van der Waals surface area contributed by atoms with Crippen molar-refractivity contribution >= 4 is 28.2 Å². The van der Waals surface area contributed by atoms with Crippen LogP contribution >= 0.6 is 11.3 Å². The van der Waals surface area contributed by atoms with Crippen LogP contribution in [-0.2, 0) is 0 Å². The fraction of sp³-hybridized carbons (Fsp3) is 0.733. The van der Waals surface area contributed by atoms with E-state index in [1.807, 2.05) is 0 Å². The highest BCUT2D eigenvalue weighted by Gasteiger charge is 2.28. The van der Waals surface area contributed by atoms with Crippen LogP contribution in [0.25, 0.3) is 0 Å². The zero-order valence-corrected chi connectivity index (χ0v) is 14.0. The molecule has 4 N–H and O–H groups in total. The van der Waals surface area contributed by atoms with E-state index in [9.17, 15) is 4.79 Å². The molecule has 1 aromatic rings. The molecule has 1 aliphatic rings. The van der Waals surface area contributed by atoms with Crippen LogP contribution in [0.15, 0.2) is 0 Å². The molecule has 1 fully saturated rings. The van der Waals surface area contributed by atoms with Crippen molar-refractivity contribution < 1.29 is 4.79 Å². The number of thiazole rings is 1. The average molecular weight is 310 g/mol. The maximum atomic E-state index is 12.3. The summed E-state index contributed by atoms with van der Waals surface area (Å²) in [5.41, 5.74) is 6.27. The first-order chi connectivity index (χ1) is 9.91. The smallest absolute Gasteiger partial charge is 0.265 e. The number of aromatic nitrogens is 1. The van der Waals surface area contributed by atoms with Crippen molar-refractivity contribution in [3.05, 3.63) is 4.88 Å². The van der Waals surface area contributed by atoms with Crippen molar-refractivity contribution in [2.24, 2.45) is 5.41 Å². The minimum atomic E-state index is -0.0840. The third-order valence-electron chi connectivity index (χ3n) is 4.06. The molecule has 2 rings (SSSR count). The van der Waals surface area contributed by atoms with Gasteiger partial charge in [-0.05, 0) is 37.5 Å². The number of hydrogen-bond donors (Lipinski definition) is 3. The number of nitrogens with zero attached hydrogens (tertiary/aromatic N) is 1. The fourth-order valence-electron chi connectivity index (χ4n) is 2.60. The largest absolute Gasteiger partial charge is 0.382 e. The Labute approximate surface area is 130 Å². The third-order valence-corrected chi connectivity index (χ3v) is 5.09. The molecule has 5 nitrogen and oxygen atoms in total. The minimum absolute atomic E-state index is 0.0840. The number of amides is 1. The quantitative estimate of drug-likeness (QED) is 0.780. The maximum Gasteiger partial charge on any atom is 0.265 e. The second kappa shape index (κ2) is 6.64. The predicted molar refractivity (Wildman–Crippen MR) is 88.8 cm³/mol. The van der Waals surface area contributed by atoms with Gasteiger partial charge >= 0.3 is 0 Å². The van der Waals surface area contributed by atoms with Crippen molar-refractivity contribution in [3.8, 4) is 0 Å². The number of nitrogens with one attached hydrogen (secondary N) is 2. The molecule has 0 spiro atoms. The molecule has 6 heteroatoms. The Morgan fingerprint density at radius 2 is 2.10 bits per heavy atom. The molecule has 0 saturated heterocycles. The van der Waals surface area contributed by atoms with Crippen LogP contribution < -0.4 is 16.4 Å². The minimum Gasteiger partial charge on any atom is -0.382 e. The standard InChI is InChI=1S/C15H26N4OS/c1-4-9-17-14-19-12(16)11(21-14)13(20)18-10-5-7-15(2,3)8-6-10/h10H,4-9,16H2,1-3H3,(H,17,19)(H,18,20). The monoisotopic (exact) mass is 310 g/mol. The van der Waals surface area contributed by atoms with Gasteiger partial charge in [-0.2, -0.15) is 0 Å². The summed E-state index contributed by atoms with van der Waals surface area (Å²) in [6.07, 6.45) is 5.40. The van der Waals surface area contributed by atoms with Gasteiger partial charge in [-0.15, -0.1) is 0 Å². The first-order valence-corrected chi connectivity index (χ1v) is 8.54. The highest BCUT2D eigenvalue weighted by atomic mass is 32.1. The molecule has 0 aromatic carbocycles. The summed E-state index contributed by atoms with van der Waals surface area (Å²) in [5.74, 6) is 0.242. The molecular formula is C15H26N4OS. The Kier molecular flexibility index (Phi) is 5.08. The van der Waals surface area contributed by atoms with Crippen LogP contribution in [0.4, 0.5) is 10.9 Å². The van der Waals surface area contributed by atoms with Gasteiger partial charge in [0, 0.05) is 12.6 Å². The van der Waals surface area contributed by atoms with Crippen LogP contribution in [-0.4, -0.2) is 23.5 Å². The van der Waals surface area contributed by atoms with E-state index in [0.717, 1.165) is 43.8 Å². The molecule has 0 atom stereocenters. The van der Waals surface area contributed by atoms with Gasteiger partial charge in [0.15, 0.2) is 5.13 Å². The van der Waals surface area contributed by atoms with Gasteiger partial charge in [-0.1, -0.05) is 32.1 Å². The predicted octanol–water partition coefficient (Wildman–Crippen LogP) is 3.25. The summed E-state index contributed by atoms with van der Waals surface area (Å²) >= 11 is 1.34. The van der Waals surface area contributed by atoms with E-state index < -0.39 is 0 Å². The molecule has 1 aliphatic carbocycles. The number of nitrogen functional groups attached to an aromatic ring is 1. The van der Waals surface area contributed by atoms with E-state index in [1.54, 1.807) is 0 Å². The lowest BCUT2D eigenvalue weighted by Gasteiger charge is -2.34. The van der Waals surface area contributed by atoms with Gasteiger partial charge in [-0.25, -0.2) is 4.98 Å². The van der Waals surface area contributed by atoms with E-state index >= 15 is 0 Å². The summed E-state index contributed by atoms with van der Waals surface area (Å²) < 4.78 is 0. The molecule has 21 heavy (non-hydrogen) atoms. The number of nitrogens with two attached hydrogens (primary N) is 1. The summed E-state index contributed by atoms with van der Waals surface area (Å²) in [7, 11) is 0. The lowest BCUT2D eigenvalue weighted by Crippen LogP contribution is -2.39. The van der Waals surface area contributed by atoms with Crippen molar-refractivity contribution in [2.45, 2.75) is 58.9 Å². The fourth-order valence-corrected chi connectivity index (χ4v) is 3.41. The molecular weight excluding hydrogens is 284 g/mol. The second-order valence-electron chi connectivity index (χ2n) is 6.57. The SMILES string of the molecule is CCCNc1nc(N)c(C(=O)NC2CCC(C)(C)CC2)s1. The number of carbonyl (C=O) groups is 1. The normalized spacial score (nSPS) is 18.4. The van der Waals surface area contributed by atoms with E-state index in [1.165, 1.54) is 11.3 Å². The van der Waals surface area contributed by atoms with Gasteiger partial charge in [0.2, 0.25) is 0 Å². The van der Waals surface area contributed by atoms with Gasteiger partial charge in [0.05, 0.1) is 0 Å². The topological polar surface area (TPSA) is 80.0 Å². The summed E-state index contributed by atoms with van der Waals surface area (Å²) in [6, 6.07) is 0.263. The Balaban J connectivity index is 1.93. The van der Waals surface area contributed by atoms with Crippen molar-refractivity contribution in [2.75, 3.05) is 17.6 Å².